The van der Waals surface area contributed by atoms with Gasteiger partial charge in [0.25, 0.3) is 5.69 Å². The van der Waals surface area contributed by atoms with Gasteiger partial charge in [0.2, 0.25) is 0 Å². The van der Waals surface area contributed by atoms with Gasteiger partial charge in [0.05, 0.1) is 10.5 Å². The van der Waals surface area contributed by atoms with E-state index in [0.29, 0.717) is 12.1 Å². The SMILES string of the molecule is C#Cc1cc([N+](=O)[O-])cc(C(F)(F)F)c1. The molecule has 1 rings (SSSR count). The van der Waals surface area contributed by atoms with Crippen molar-refractivity contribution in [2.24, 2.45) is 0 Å². The van der Waals surface area contributed by atoms with Gasteiger partial charge in [-0.1, -0.05) is 5.92 Å². The third-order valence-corrected chi connectivity index (χ3v) is 1.62. The highest BCUT2D eigenvalue weighted by molar-refractivity contribution is 5.46. The molecule has 0 N–H and O–H groups in total. The van der Waals surface area contributed by atoms with Crippen molar-refractivity contribution in [2.75, 3.05) is 0 Å². The highest BCUT2D eigenvalue weighted by Crippen LogP contribution is 2.32. The van der Waals surface area contributed by atoms with Crippen LogP contribution in [0, 0.1) is 22.5 Å². The molecule has 3 nitrogen and oxygen atoms in total. The smallest absolute Gasteiger partial charge is 0.258 e. The zero-order valence-corrected chi connectivity index (χ0v) is 7.21. The summed E-state index contributed by atoms with van der Waals surface area (Å²) in [6.45, 7) is 0. The van der Waals surface area contributed by atoms with Crippen molar-refractivity contribution in [1.82, 2.24) is 0 Å². The minimum absolute atomic E-state index is 0.170. The summed E-state index contributed by atoms with van der Waals surface area (Å²) < 4.78 is 36.8. The molecule has 0 fully saturated rings. The van der Waals surface area contributed by atoms with Crippen LogP contribution in [0.3, 0.4) is 0 Å². The molecule has 1 aromatic carbocycles. The van der Waals surface area contributed by atoms with Crippen molar-refractivity contribution in [2.45, 2.75) is 6.18 Å². The van der Waals surface area contributed by atoms with E-state index in [4.69, 9.17) is 6.42 Å². The van der Waals surface area contributed by atoms with Crippen LogP contribution in [0.15, 0.2) is 18.2 Å². The molecule has 0 radical (unpaired) electrons. The Morgan fingerprint density at radius 3 is 2.33 bits per heavy atom. The third kappa shape index (κ3) is 2.47. The van der Waals surface area contributed by atoms with Gasteiger partial charge in [-0.3, -0.25) is 10.1 Å². The Labute approximate surface area is 82.7 Å². The Morgan fingerprint density at radius 2 is 1.93 bits per heavy atom. The maximum Gasteiger partial charge on any atom is 0.416 e. The summed E-state index contributed by atoms with van der Waals surface area (Å²) in [7, 11) is 0. The van der Waals surface area contributed by atoms with Crippen molar-refractivity contribution in [3.05, 3.63) is 39.4 Å². The molecular formula is C9H4F3NO2. The van der Waals surface area contributed by atoms with Crippen LogP contribution in [0.5, 0.6) is 0 Å². The van der Waals surface area contributed by atoms with Crippen molar-refractivity contribution >= 4 is 5.69 Å². The number of nitrogens with zero attached hydrogens (tertiary/aromatic N) is 1. The molecule has 1 aromatic rings. The standard InChI is InChI=1S/C9H4F3NO2/c1-2-6-3-7(9(10,11)12)5-8(4-6)13(14)15/h1,3-5H. The molecule has 78 valence electrons. The normalized spacial score (nSPS) is 10.8. The molecule has 0 amide bonds. The zero-order valence-electron chi connectivity index (χ0n) is 7.21. The number of non-ortho nitro benzene ring substituents is 1. The molecule has 0 saturated heterocycles. The molecule has 0 bridgehead atoms. The average molecular weight is 215 g/mol. The van der Waals surface area contributed by atoms with Crippen molar-refractivity contribution in [3.8, 4) is 12.3 Å². The fourth-order valence-electron chi connectivity index (χ4n) is 0.964. The van der Waals surface area contributed by atoms with E-state index >= 15 is 0 Å². The Bertz CT molecular complexity index is 446. The quantitative estimate of drug-likeness (QED) is 0.410. The molecule has 0 spiro atoms. The molecule has 0 aliphatic carbocycles. The number of rotatable bonds is 1. The number of hydrogen-bond acceptors (Lipinski definition) is 2. The van der Waals surface area contributed by atoms with Gasteiger partial charge in [0.1, 0.15) is 0 Å². The fraction of sp³-hybridized carbons (Fsp3) is 0.111. The number of nitro groups is 1. The molecule has 15 heavy (non-hydrogen) atoms. The van der Waals surface area contributed by atoms with Gasteiger partial charge in [0.15, 0.2) is 0 Å². The van der Waals surface area contributed by atoms with E-state index in [9.17, 15) is 23.3 Å². The van der Waals surface area contributed by atoms with E-state index in [0.717, 1.165) is 6.07 Å². The van der Waals surface area contributed by atoms with Gasteiger partial charge in [-0.05, 0) is 6.07 Å². The number of alkyl halides is 3. The maximum atomic E-state index is 12.3. The first-order valence-electron chi connectivity index (χ1n) is 3.68. The van der Waals surface area contributed by atoms with E-state index in [1.54, 1.807) is 0 Å². The molecular weight excluding hydrogens is 211 g/mol. The van der Waals surface area contributed by atoms with E-state index in [1.807, 2.05) is 5.92 Å². The Balaban J connectivity index is 3.38. The molecule has 0 unspecified atom stereocenters. The number of terminal acetylenes is 1. The lowest BCUT2D eigenvalue weighted by atomic mass is 10.1. The predicted octanol–water partition coefficient (Wildman–Crippen LogP) is 2.59. The first-order chi connectivity index (χ1) is 6.84. The van der Waals surface area contributed by atoms with Crippen LogP contribution in [0.25, 0.3) is 0 Å². The van der Waals surface area contributed by atoms with Gasteiger partial charge < -0.3 is 0 Å². The Kier molecular flexibility index (Phi) is 2.66. The Hall–Kier alpha value is -2.03. The molecule has 0 atom stereocenters. The summed E-state index contributed by atoms with van der Waals surface area (Å²) in [5.41, 5.74) is -1.96. The van der Waals surface area contributed by atoms with E-state index < -0.39 is 22.4 Å². The van der Waals surface area contributed by atoms with Crippen LogP contribution >= 0.6 is 0 Å². The Morgan fingerprint density at radius 1 is 1.33 bits per heavy atom. The van der Waals surface area contributed by atoms with Crippen LogP contribution in [-0.2, 0) is 6.18 Å². The monoisotopic (exact) mass is 215 g/mol. The van der Waals surface area contributed by atoms with Crippen molar-refractivity contribution < 1.29 is 18.1 Å². The summed E-state index contributed by atoms with van der Waals surface area (Å²) in [4.78, 5) is 9.40. The predicted molar refractivity (Wildman–Crippen MR) is 46.0 cm³/mol. The first kappa shape index (κ1) is 11.0. The summed E-state index contributed by atoms with van der Waals surface area (Å²) in [5, 5.41) is 10.3. The molecule has 6 heteroatoms. The van der Waals surface area contributed by atoms with Crippen molar-refractivity contribution in [1.29, 1.82) is 0 Å². The van der Waals surface area contributed by atoms with E-state index in [1.165, 1.54) is 0 Å². The largest absolute Gasteiger partial charge is 0.416 e. The van der Waals surface area contributed by atoms with Crippen LogP contribution in [0.4, 0.5) is 18.9 Å². The molecule has 0 aliphatic heterocycles. The average Bonchev–Trinajstić information content (AvgIpc) is 2.15. The number of nitro benzene ring substituents is 1. The number of benzene rings is 1. The van der Waals surface area contributed by atoms with Crippen LogP contribution in [0.1, 0.15) is 11.1 Å². The second-order valence-corrected chi connectivity index (χ2v) is 2.67. The summed E-state index contributed by atoms with van der Waals surface area (Å²) in [6, 6.07) is 2.04. The molecule has 0 heterocycles. The fourth-order valence-corrected chi connectivity index (χ4v) is 0.964. The van der Waals surface area contributed by atoms with Gasteiger partial charge >= 0.3 is 6.18 Å². The van der Waals surface area contributed by atoms with Crippen LogP contribution < -0.4 is 0 Å². The second kappa shape index (κ2) is 3.61. The minimum atomic E-state index is -4.64. The van der Waals surface area contributed by atoms with Gasteiger partial charge in [-0.2, -0.15) is 13.2 Å². The van der Waals surface area contributed by atoms with Crippen LogP contribution in [-0.4, -0.2) is 4.92 Å². The lowest BCUT2D eigenvalue weighted by Crippen LogP contribution is -2.06. The highest BCUT2D eigenvalue weighted by atomic mass is 19.4. The first-order valence-corrected chi connectivity index (χ1v) is 3.68. The highest BCUT2D eigenvalue weighted by Gasteiger charge is 2.32. The van der Waals surface area contributed by atoms with E-state index in [2.05, 4.69) is 0 Å². The topological polar surface area (TPSA) is 43.1 Å². The van der Waals surface area contributed by atoms with Gasteiger partial charge in [0, 0.05) is 17.7 Å². The lowest BCUT2D eigenvalue weighted by Gasteiger charge is -2.06. The summed E-state index contributed by atoms with van der Waals surface area (Å²) in [6.07, 6.45) is 0.250. The van der Waals surface area contributed by atoms with Crippen molar-refractivity contribution in [3.63, 3.8) is 0 Å². The van der Waals surface area contributed by atoms with Crippen LogP contribution in [0.2, 0.25) is 0 Å². The third-order valence-electron chi connectivity index (χ3n) is 1.62. The molecule has 0 saturated carbocycles. The van der Waals surface area contributed by atoms with Gasteiger partial charge in [-0.15, -0.1) is 6.42 Å². The number of hydrogen-bond donors (Lipinski definition) is 0. The maximum absolute atomic E-state index is 12.3. The van der Waals surface area contributed by atoms with Gasteiger partial charge in [-0.25, -0.2) is 0 Å². The minimum Gasteiger partial charge on any atom is -0.258 e. The van der Waals surface area contributed by atoms with E-state index in [-0.39, 0.29) is 5.56 Å². The summed E-state index contributed by atoms with van der Waals surface area (Å²) >= 11 is 0. The molecule has 0 aromatic heterocycles. The lowest BCUT2D eigenvalue weighted by molar-refractivity contribution is -0.385. The second-order valence-electron chi connectivity index (χ2n) is 2.67. The molecule has 0 aliphatic rings. The number of halogens is 3. The summed E-state index contributed by atoms with van der Waals surface area (Å²) in [5.74, 6) is 1.93. The zero-order chi connectivity index (χ0) is 11.6.